The second-order valence-electron chi connectivity index (χ2n) is 6.99. The molecule has 1 N–H and O–H groups in total. The summed E-state index contributed by atoms with van der Waals surface area (Å²) in [5.41, 5.74) is 0. The fourth-order valence-electron chi connectivity index (χ4n) is 3.22. The van der Waals surface area contributed by atoms with Gasteiger partial charge in [0.15, 0.2) is 5.82 Å². The molecule has 1 atom stereocenters. The van der Waals surface area contributed by atoms with Gasteiger partial charge >= 0.3 is 6.01 Å². The van der Waals surface area contributed by atoms with Crippen LogP contribution in [0.2, 0.25) is 10.0 Å². The van der Waals surface area contributed by atoms with Crippen molar-refractivity contribution in [2.24, 2.45) is 0 Å². The smallest absolute Gasteiger partial charge is 0.322 e. The highest BCUT2D eigenvalue weighted by atomic mass is 35.5. The molecule has 0 amide bonds. The molecule has 32 heavy (non-hydrogen) atoms. The Hall–Kier alpha value is -2.72. The molecule has 0 unspecified atom stereocenters. The molecule has 4 aromatic rings. The van der Waals surface area contributed by atoms with Gasteiger partial charge in [0.2, 0.25) is 10.0 Å². The highest BCUT2D eigenvalue weighted by Gasteiger charge is 2.24. The van der Waals surface area contributed by atoms with E-state index >= 15 is 0 Å². The first-order chi connectivity index (χ1) is 15.3. The highest BCUT2D eigenvalue weighted by molar-refractivity contribution is 7.89. The van der Waals surface area contributed by atoms with Gasteiger partial charge in [-0.3, -0.25) is 9.55 Å². The van der Waals surface area contributed by atoms with Gasteiger partial charge in [-0.05, 0) is 55.6 Å². The molecule has 0 fully saturated rings. The van der Waals surface area contributed by atoms with E-state index in [1.54, 1.807) is 23.9 Å². The number of halogens is 2. The number of nitrogens with one attached hydrogen (secondary N) is 1. The third-order valence-corrected chi connectivity index (χ3v) is 7.08. The van der Waals surface area contributed by atoms with Crippen LogP contribution in [0.4, 0.5) is 0 Å². The van der Waals surface area contributed by atoms with E-state index in [1.165, 1.54) is 18.2 Å². The zero-order valence-corrected chi connectivity index (χ0v) is 19.5. The molecule has 166 valence electrons. The van der Waals surface area contributed by atoms with E-state index < -0.39 is 16.1 Å². The van der Waals surface area contributed by atoms with Crippen LogP contribution in [0.25, 0.3) is 10.8 Å². The van der Waals surface area contributed by atoms with Crippen LogP contribution in [0.1, 0.15) is 25.7 Å². The van der Waals surface area contributed by atoms with Gasteiger partial charge < -0.3 is 4.74 Å². The molecule has 2 heterocycles. The van der Waals surface area contributed by atoms with Crippen molar-refractivity contribution in [3.63, 3.8) is 0 Å². The predicted molar refractivity (Wildman–Crippen MR) is 123 cm³/mol. The van der Waals surface area contributed by atoms with Crippen LogP contribution in [-0.4, -0.2) is 28.2 Å². The maximum Gasteiger partial charge on any atom is 0.322 e. The van der Waals surface area contributed by atoms with E-state index in [4.69, 9.17) is 27.9 Å². The molecular formula is C21H19Cl2N5O3S. The van der Waals surface area contributed by atoms with E-state index in [0.717, 1.165) is 10.8 Å². The first kappa shape index (κ1) is 22.5. The van der Waals surface area contributed by atoms with Crippen LogP contribution in [0, 0.1) is 0 Å². The predicted octanol–water partition coefficient (Wildman–Crippen LogP) is 4.98. The van der Waals surface area contributed by atoms with Crippen LogP contribution in [0.5, 0.6) is 11.8 Å². The van der Waals surface area contributed by atoms with Crippen LogP contribution in [0.3, 0.4) is 0 Å². The Labute approximate surface area is 195 Å². The first-order valence-electron chi connectivity index (χ1n) is 9.70. The van der Waals surface area contributed by atoms with Crippen molar-refractivity contribution in [2.45, 2.75) is 31.3 Å². The minimum absolute atomic E-state index is 0.00237. The number of pyridine rings is 1. The maximum atomic E-state index is 12.8. The lowest BCUT2D eigenvalue weighted by molar-refractivity contribution is 0.408. The zero-order valence-electron chi connectivity index (χ0n) is 17.2. The Morgan fingerprint density at radius 2 is 1.88 bits per heavy atom. The Morgan fingerprint density at radius 1 is 1.06 bits per heavy atom. The molecule has 4 rings (SSSR count). The Balaban J connectivity index is 1.58. The summed E-state index contributed by atoms with van der Waals surface area (Å²) in [5, 5.41) is 10.7. The minimum atomic E-state index is -3.87. The standard InChI is InChI=1S/C21H19Cl2N5O3S/c1-3-28-20(13(2)27-32(29,30)17-6-7-18(22)19(23)11-17)25-26-21(28)31-16-5-4-14-8-9-24-12-15(14)10-16/h4-13,27H,3H2,1-2H3/t13-/m1/s1. The van der Waals surface area contributed by atoms with E-state index in [0.29, 0.717) is 18.1 Å². The fourth-order valence-corrected chi connectivity index (χ4v) is 4.81. The summed E-state index contributed by atoms with van der Waals surface area (Å²) in [6.45, 7) is 4.05. The Bertz CT molecular complexity index is 1390. The van der Waals surface area contributed by atoms with Crippen molar-refractivity contribution >= 4 is 44.0 Å². The SMILES string of the molecule is CCn1c(Oc2ccc3ccncc3c2)nnc1[C@@H](C)NS(=O)(=O)c1ccc(Cl)c(Cl)c1. The summed E-state index contributed by atoms with van der Waals surface area (Å²) < 4.78 is 35.8. The second-order valence-corrected chi connectivity index (χ2v) is 9.52. The fraction of sp³-hybridized carbons (Fsp3) is 0.190. The lowest BCUT2D eigenvalue weighted by Crippen LogP contribution is -2.29. The number of sulfonamides is 1. The molecule has 11 heteroatoms. The molecule has 8 nitrogen and oxygen atoms in total. The van der Waals surface area contributed by atoms with Gasteiger partial charge in [-0.1, -0.05) is 34.4 Å². The third-order valence-electron chi connectivity index (χ3n) is 4.80. The summed E-state index contributed by atoms with van der Waals surface area (Å²) in [6.07, 6.45) is 3.47. The van der Waals surface area contributed by atoms with Crippen molar-refractivity contribution in [2.75, 3.05) is 0 Å². The van der Waals surface area contributed by atoms with Gasteiger partial charge in [0.1, 0.15) is 5.75 Å². The Kier molecular flexibility index (Phi) is 6.34. The number of benzene rings is 2. The Morgan fingerprint density at radius 3 is 2.62 bits per heavy atom. The summed E-state index contributed by atoms with van der Waals surface area (Å²) in [7, 11) is -3.87. The molecule has 0 bridgehead atoms. The molecule has 0 saturated carbocycles. The van der Waals surface area contributed by atoms with Crippen LogP contribution < -0.4 is 9.46 Å². The van der Waals surface area contributed by atoms with Crippen molar-refractivity contribution in [3.05, 3.63) is 70.7 Å². The average molecular weight is 492 g/mol. The molecule has 0 aliphatic rings. The molecule has 0 radical (unpaired) electrons. The minimum Gasteiger partial charge on any atom is -0.424 e. The number of ether oxygens (including phenoxy) is 1. The second kappa shape index (κ2) is 9.03. The molecule has 2 aromatic heterocycles. The maximum absolute atomic E-state index is 12.8. The first-order valence-corrected chi connectivity index (χ1v) is 11.9. The van der Waals surface area contributed by atoms with E-state index in [1.807, 2.05) is 31.2 Å². The molecule has 0 aliphatic carbocycles. The van der Waals surface area contributed by atoms with E-state index in [-0.39, 0.29) is 21.0 Å². The van der Waals surface area contributed by atoms with Crippen LogP contribution in [-0.2, 0) is 16.6 Å². The monoisotopic (exact) mass is 491 g/mol. The summed E-state index contributed by atoms with van der Waals surface area (Å²) in [6, 6.07) is 11.2. The largest absolute Gasteiger partial charge is 0.424 e. The van der Waals surface area contributed by atoms with Gasteiger partial charge in [0.05, 0.1) is 21.0 Å². The van der Waals surface area contributed by atoms with Gasteiger partial charge in [-0.25, -0.2) is 13.1 Å². The summed E-state index contributed by atoms with van der Waals surface area (Å²) in [4.78, 5) is 4.12. The molecule has 0 spiro atoms. The average Bonchev–Trinajstić information content (AvgIpc) is 3.17. The number of nitrogens with zero attached hydrogens (tertiary/aromatic N) is 4. The van der Waals surface area contributed by atoms with Gasteiger partial charge in [-0.15, -0.1) is 5.10 Å². The van der Waals surface area contributed by atoms with Crippen LogP contribution in [0.15, 0.2) is 59.8 Å². The van der Waals surface area contributed by atoms with Crippen LogP contribution >= 0.6 is 23.2 Å². The lowest BCUT2D eigenvalue weighted by Gasteiger charge is -2.15. The molecular weight excluding hydrogens is 473 g/mol. The topological polar surface area (TPSA) is 99.0 Å². The lowest BCUT2D eigenvalue weighted by atomic mass is 10.2. The van der Waals surface area contributed by atoms with Crippen molar-refractivity contribution < 1.29 is 13.2 Å². The number of aromatic nitrogens is 4. The number of fused-ring (bicyclic) bond motifs is 1. The molecule has 2 aromatic carbocycles. The van der Waals surface area contributed by atoms with E-state index in [2.05, 4.69) is 19.9 Å². The van der Waals surface area contributed by atoms with Gasteiger partial charge in [0.25, 0.3) is 0 Å². The zero-order chi connectivity index (χ0) is 22.9. The van der Waals surface area contributed by atoms with Crippen molar-refractivity contribution in [1.29, 1.82) is 0 Å². The van der Waals surface area contributed by atoms with Crippen molar-refractivity contribution in [1.82, 2.24) is 24.5 Å². The molecule has 0 saturated heterocycles. The third kappa shape index (κ3) is 4.56. The number of rotatable bonds is 7. The number of hydrogen-bond donors (Lipinski definition) is 1. The molecule has 0 aliphatic heterocycles. The van der Waals surface area contributed by atoms with Gasteiger partial charge in [0, 0.05) is 24.3 Å². The number of hydrogen-bond acceptors (Lipinski definition) is 6. The van der Waals surface area contributed by atoms with E-state index in [9.17, 15) is 8.42 Å². The highest BCUT2D eigenvalue weighted by Crippen LogP contribution is 2.28. The normalized spacial score (nSPS) is 12.8. The summed E-state index contributed by atoms with van der Waals surface area (Å²) in [5.74, 6) is 0.983. The summed E-state index contributed by atoms with van der Waals surface area (Å²) >= 11 is 11.9. The van der Waals surface area contributed by atoms with Crippen molar-refractivity contribution in [3.8, 4) is 11.8 Å². The van der Waals surface area contributed by atoms with Gasteiger partial charge in [-0.2, -0.15) is 0 Å². The quantitative estimate of drug-likeness (QED) is 0.391.